The first-order chi connectivity index (χ1) is 24.3. The number of nitrogen functional groups attached to an aromatic ring is 1. The van der Waals surface area contributed by atoms with Gasteiger partial charge in [-0.1, -0.05) is 174 Å². The predicted molar refractivity (Wildman–Crippen MR) is 232 cm³/mol. The Morgan fingerprint density at radius 3 is 1.78 bits per heavy atom. The van der Waals surface area contributed by atoms with E-state index in [0.717, 1.165) is 64.6 Å². The topological polar surface area (TPSA) is 77.8 Å². The number of hydrogen-bond donors (Lipinski definition) is 2. The molecule has 0 amide bonds. The van der Waals surface area contributed by atoms with Crippen LogP contribution in [0.4, 0.5) is 5.69 Å². The molecule has 0 fully saturated rings. The molecule has 4 heteroatoms. The van der Waals surface area contributed by atoms with E-state index in [-0.39, 0.29) is 0 Å². The number of rotatable bonds is 6. The van der Waals surface area contributed by atoms with Crippen LogP contribution >= 0.6 is 0 Å². The molecular formula is C46H74N4. The van der Waals surface area contributed by atoms with Crippen LogP contribution in [0.3, 0.4) is 0 Å². The van der Waals surface area contributed by atoms with Gasteiger partial charge in [0.2, 0.25) is 0 Å². The lowest BCUT2D eigenvalue weighted by Gasteiger charge is -2.11. The van der Waals surface area contributed by atoms with Crippen LogP contribution in [0.1, 0.15) is 127 Å². The molecular weight excluding hydrogens is 609 g/mol. The van der Waals surface area contributed by atoms with E-state index in [1.54, 1.807) is 0 Å². The molecule has 1 aliphatic rings. The quantitative estimate of drug-likeness (QED) is 0.154. The number of nitrogens with two attached hydrogens (primary N) is 2. The molecule has 4 rings (SSSR count). The fraction of sp³-hybridized carbons (Fsp3) is 0.391. The fourth-order valence-electron chi connectivity index (χ4n) is 3.58. The van der Waals surface area contributed by atoms with Crippen molar-refractivity contribution >= 4 is 11.3 Å². The zero-order chi connectivity index (χ0) is 39.2. The Balaban J connectivity index is -0.000000382. The molecule has 1 aromatic heterocycles. The Bertz CT molecular complexity index is 1360. The van der Waals surface area contributed by atoms with Crippen molar-refractivity contribution in [2.24, 2.45) is 5.73 Å². The van der Waals surface area contributed by atoms with Gasteiger partial charge in [-0.15, -0.1) is 6.58 Å². The molecule has 1 aliphatic carbocycles. The second-order valence-corrected chi connectivity index (χ2v) is 9.68. The highest BCUT2D eigenvalue weighted by atomic mass is 14.9. The van der Waals surface area contributed by atoms with Crippen molar-refractivity contribution in [2.45, 2.75) is 123 Å². The molecule has 0 aliphatic heterocycles. The summed E-state index contributed by atoms with van der Waals surface area (Å²) in [7, 11) is 0. The van der Waals surface area contributed by atoms with Gasteiger partial charge in [-0.25, -0.2) is 9.97 Å². The number of aryl methyl sites for hydroxylation is 1. The minimum absolute atomic E-state index is 0.744. The molecule has 2 aromatic carbocycles. The van der Waals surface area contributed by atoms with Crippen molar-refractivity contribution in [1.82, 2.24) is 9.97 Å². The van der Waals surface area contributed by atoms with Crippen LogP contribution in [0.15, 0.2) is 122 Å². The maximum Gasteiger partial charge on any atom is 0.156 e. The zero-order valence-corrected chi connectivity index (χ0v) is 34.5. The molecule has 0 saturated carbocycles. The molecule has 0 unspecified atom stereocenters. The summed E-state index contributed by atoms with van der Waals surface area (Å²) in [6.45, 7) is 31.9. The van der Waals surface area contributed by atoms with Crippen molar-refractivity contribution < 1.29 is 0 Å². The monoisotopic (exact) mass is 683 g/mol. The second-order valence-electron chi connectivity index (χ2n) is 9.68. The maximum absolute atomic E-state index is 5.85. The lowest BCUT2D eigenvalue weighted by molar-refractivity contribution is 1.09. The summed E-state index contributed by atoms with van der Waals surface area (Å²) in [6, 6.07) is 18.3. The Kier molecular flexibility index (Phi) is 40.9. The van der Waals surface area contributed by atoms with Crippen molar-refractivity contribution in [2.75, 3.05) is 5.73 Å². The average molecular weight is 683 g/mol. The predicted octanol–water partition coefficient (Wildman–Crippen LogP) is 14.5. The summed E-state index contributed by atoms with van der Waals surface area (Å²) in [5.74, 6) is 0.761. The molecule has 0 radical (unpaired) electrons. The van der Waals surface area contributed by atoms with E-state index >= 15 is 0 Å². The maximum atomic E-state index is 5.85. The van der Waals surface area contributed by atoms with E-state index in [4.69, 9.17) is 21.4 Å². The van der Waals surface area contributed by atoms with Crippen LogP contribution < -0.4 is 11.5 Å². The van der Waals surface area contributed by atoms with Crippen molar-refractivity contribution in [3.63, 3.8) is 0 Å². The zero-order valence-electron chi connectivity index (χ0n) is 34.5. The minimum atomic E-state index is 0.744. The van der Waals surface area contributed by atoms with E-state index < -0.39 is 0 Å². The highest BCUT2D eigenvalue weighted by Gasteiger charge is 2.12. The Labute approximate surface area is 310 Å². The van der Waals surface area contributed by atoms with Gasteiger partial charge in [0.15, 0.2) is 5.82 Å². The lowest BCUT2D eigenvalue weighted by atomic mass is 10.0. The third kappa shape index (κ3) is 25.6. The molecule has 3 aromatic rings. The molecule has 4 N–H and O–H groups in total. The summed E-state index contributed by atoms with van der Waals surface area (Å²) >= 11 is 0. The van der Waals surface area contributed by atoms with E-state index in [2.05, 4.69) is 83.7 Å². The summed E-state index contributed by atoms with van der Waals surface area (Å²) in [4.78, 5) is 9.74. The number of hydrogen-bond acceptors (Lipinski definition) is 4. The van der Waals surface area contributed by atoms with E-state index in [1.165, 1.54) is 12.0 Å². The first kappa shape index (κ1) is 52.4. The van der Waals surface area contributed by atoms with E-state index in [1.807, 2.05) is 129 Å². The highest BCUT2D eigenvalue weighted by Crippen LogP contribution is 2.28. The summed E-state index contributed by atoms with van der Waals surface area (Å²) < 4.78 is 0. The van der Waals surface area contributed by atoms with Gasteiger partial charge in [0, 0.05) is 28.1 Å². The van der Waals surface area contributed by atoms with Gasteiger partial charge in [-0.05, 0) is 63.5 Å². The molecule has 278 valence electrons. The van der Waals surface area contributed by atoms with E-state index in [9.17, 15) is 0 Å². The van der Waals surface area contributed by atoms with Crippen molar-refractivity contribution in [3.05, 3.63) is 133 Å². The number of nitrogens with zero attached hydrogens (tertiary/aromatic N) is 2. The average Bonchev–Trinajstić information content (AvgIpc) is 3.46. The first-order valence-electron chi connectivity index (χ1n) is 18.9. The SMILES string of the molecule is C/C=C\C(N)=C\CC.C=CCC.CC.CC.CC.CC.CCC.Cc1cccc(-c2cc(-c3ccc(N)cc3)nc(C3=CC=CC=CC3)n2)c1. The molecule has 50 heavy (non-hydrogen) atoms. The molecule has 0 atom stereocenters. The van der Waals surface area contributed by atoms with Gasteiger partial charge >= 0.3 is 0 Å². The van der Waals surface area contributed by atoms with Gasteiger partial charge in [-0.2, -0.15) is 0 Å². The fourth-order valence-corrected chi connectivity index (χ4v) is 3.58. The normalized spacial score (nSPS) is 10.6. The molecule has 0 saturated heterocycles. The smallest absolute Gasteiger partial charge is 0.156 e. The largest absolute Gasteiger partial charge is 0.399 e. The Morgan fingerprint density at radius 1 is 0.760 bits per heavy atom. The van der Waals surface area contributed by atoms with E-state index in [0.29, 0.717) is 0 Å². The number of anilines is 1. The summed E-state index contributed by atoms with van der Waals surface area (Å²) in [5, 5.41) is 0. The van der Waals surface area contributed by atoms with Crippen LogP contribution in [0, 0.1) is 6.92 Å². The Hall–Kier alpha value is -4.44. The van der Waals surface area contributed by atoms with Crippen LogP contribution in [-0.2, 0) is 0 Å². The highest BCUT2D eigenvalue weighted by molar-refractivity contribution is 5.73. The molecule has 4 nitrogen and oxygen atoms in total. The van der Waals surface area contributed by atoms with Crippen LogP contribution in [-0.4, -0.2) is 9.97 Å². The summed E-state index contributed by atoms with van der Waals surface area (Å²) in [6.07, 6.45) is 22.2. The van der Waals surface area contributed by atoms with Gasteiger partial charge < -0.3 is 11.5 Å². The van der Waals surface area contributed by atoms with Crippen LogP contribution in [0.2, 0.25) is 0 Å². The van der Waals surface area contributed by atoms with Crippen LogP contribution in [0.5, 0.6) is 0 Å². The number of benzene rings is 2. The molecule has 1 heterocycles. The minimum Gasteiger partial charge on any atom is -0.399 e. The van der Waals surface area contributed by atoms with Gasteiger partial charge in [0.25, 0.3) is 0 Å². The van der Waals surface area contributed by atoms with Gasteiger partial charge in [-0.3, -0.25) is 0 Å². The second kappa shape index (κ2) is 39.0. The first-order valence-corrected chi connectivity index (χ1v) is 18.9. The third-order valence-electron chi connectivity index (χ3n) is 5.61. The number of allylic oxidation sites excluding steroid dienone is 10. The molecule has 0 spiro atoms. The van der Waals surface area contributed by atoms with Gasteiger partial charge in [0.1, 0.15) is 0 Å². The number of aromatic nitrogens is 2. The third-order valence-corrected chi connectivity index (χ3v) is 5.61. The lowest BCUT2D eigenvalue weighted by Crippen LogP contribution is -1.99. The molecule has 0 bridgehead atoms. The van der Waals surface area contributed by atoms with Crippen LogP contribution in [0.25, 0.3) is 28.1 Å². The Morgan fingerprint density at radius 2 is 1.30 bits per heavy atom. The van der Waals surface area contributed by atoms with Crippen molar-refractivity contribution in [3.8, 4) is 22.5 Å². The van der Waals surface area contributed by atoms with Crippen molar-refractivity contribution in [1.29, 1.82) is 0 Å². The standard InChI is InChI=1S/C24H21N3.C7H13N.C4H8.C3H8.4C2H6/c1-17-7-6-10-20(15-17)23-16-22(18-11-13-21(25)14-12-18)26-24(27-23)19-8-4-2-3-5-9-19;1-3-5-7(8)6-4-2;1-3-4-2;1-3-2;4*1-2/h2-8,10-16H,9,25H2,1H3;3,5-6H,4,8H2,1-2H3;3H,1,4H2,2H3;3H2,1-2H3;4*1-2H3/b;5-3-,7-6-;;;;;;. The summed E-state index contributed by atoms with van der Waals surface area (Å²) in [5.41, 5.74) is 19.2. The van der Waals surface area contributed by atoms with Gasteiger partial charge in [0.05, 0.1) is 11.4 Å².